The van der Waals surface area contributed by atoms with Crippen LogP contribution in [0.4, 0.5) is 0 Å². The summed E-state index contributed by atoms with van der Waals surface area (Å²) in [5.41, 5.74) is 3.01. The molecule has 0 N–H and O–H groups in total. The smallest absolute Gasteiger partial charge is 0.187 e. The Morgan fingerprint density at radius 1 is 0.826 bits per heavy atom. The van der Waals surface area contributed by atoms with Gasteiger partial charge in [-0.15, -0.1) is 0 Å². The molecule has 2 nitrogen and oxygen atoms in total. The maximum absolute atomic E-state index is 6.01. The lowest BCUT2D eigenvalue weighted by Gasteiger charge is -2.04. The van der Waals surface area contributed by atoms with Crippen LogP contribution in [-0.4, -0.2) is 9.97 Å². The van der Waals surface area contributed by atoms with Gasteiger partial charge in [0.15, 0.2) is 5.16 Å². The molecular formula is C17H11Cl3N2S. The van der Waals surface area contributed by atoms with E-state index in [2.05, 4.69) is 9.97 Å². The zero-order chi connectivity index (χ0) is 16.2. The van der Waals surface area contributed by atoms with E-state index in [1.165, 1.54) is 0 Å². The third-order valence-corrected chi connectivity index (χ3v) is 5.06. The molecule has 1 aromatic heterocycles. The first-order valence-corrected chi connectivity index (χ1v) is 8.88. The zero-order valence-electron chi connectivity index (χ0n) is 11.8. The maximum atomic E-state index is 6.01. The Morgan fingerprint density at radius 2 is 1.61 bits per heavy atom. The highest BCUT2D eigenvalue weighted by Gasteiger charge is 2.04. The minimum absolute atomic E-state index is 0.557. The molecule has 0 saturated heterocycles. The van der Waals surface area contributed by atoms with Crippen LogP contribution in [0.2, 0.25) is 15.1 Å². The predicted octanol–water partition coefficient (Wildman–Crippen LogP) is 6.40. The van der Waals surface area contributed by atoms with Gasteiger partial charge in [-0.05, 0) is 35.4 Å². The van der Waals surface area contributed by atoms with Gasteiger partial charge in [-0.3, -0.25) is 0 Å². The van der Waals surface area contributed by atoms with Crippen LogP contribution in [0, 0.1) is 0 Å². The Kier molecular flexibility index (Phi) is 5.44. The molecule has 0 bridgehead atoms. The van der Waals surface area contributed by atoms with Gasteiger partial charge in [0, 0.05) is 28.7 Å². The Balaban J connectivity index is 1.69. The van der Waals surface area contributed by atoms with Gasteiger partial charge in [-0.1, -0.05) is 64.8 Å². The third kappa shape index (κ3) is 4.39. The van der Waals surface area contributed by atoms with Gasteiger partial charge in [0.05, 0.1) is 10.0 Å². The van der Waals surface area contributed by atoms with Crippen molar-refractivity contribution in [3.63, 3.8) is 0 Å². The topological polar surface area (TPSA) is 25.8 Å². The second kappa shape index (κ2) is 7.54. The van der Waals surface area contributed by atoms with E-state index in [4.69, 9.17) is 34.8 Å². The molecule has 3 rings (SSSR count). The normalized spacial score (nSPS) is 10.7. The van der Waals surface area contributed by atoms with E-state index in [0.717, 1.165) is 22.4 Å². The second-order valence-corrected chi connectivity index (χ2v) is 7.00. The third-order valence-electron chi connectivity index (χ3n) is 3.14. The fraction of sp³-hybridized carbons (Fsp3) is 0.0588. The van der Waals surface area contributed by atoms with Crippen LogP contribution in [0.1, 0.15) is 5.56 Å². The van der Waals surface area contributed by atoms with Crippen LogP contribution < -0.4 is 0 Å². The number of hydrogen-bond acceptors (Lipinski definition) is 3. The quantitative estimate of drug-likeness (QED) is 0.386. The summed E-state index contributed by atoms with van der Waals surface area (Å²) in [6, 6.07) is 13.2. The molecule has 0 saturated carbocycles. The average molecular weight is 382 g/mol. The van der Waals surface area contributed by atoms with Crippen LogP contribution in [0.15, 0.2) is 60.0 Å². The molecule has 0 aliphatic rings. The van der Waals surface area contributed by atoms with E-state index in [9.17, 15) is 0 Å². The molecular weight excluding hydrogens is 371 g/mol. The molecule has 3 aromatic rings. The van der Waals surface area contributed by atoms with Gasteiger partial charge in [0.1, 0.15) is 0 Å². The molecule has 116 valence electrons. The Labute approximate surface area is 153 Å². The first kappa shape index (κ1) is 16.6. The lowest BCUT2D eigenvalue weighted by atomic mass is 10.1. The van der Waals surface area contributed by atoms with Crippen LogP contribution in [0.3, 0.4) is 0 Å². The van der Waals surface area contributed by atoms with Gasteiger partial charge in [-0.25, -0.2) is 9.97 Å². The summed E-state index contributed by atoms with van der Waals surface area (Å²) in [7, 11) is 0. The van der Waals surface area contributed by atoms with Gasteiger partial charge >= 0.3 is 0 Å². The number of aromatic nitrogens is 2. The van der Waals surface area contributed by atoms with Gasteiger partial charge in [-0.2, -0.15) is 0 Å². The van der Waals surface area contributed by atoms with Gasteiger partial charge in [0.2, 0.25) is 0 Å². The van der Waals surface area contributed by atoms with Crippen molar-refractivity contribution in [2.45, 2.75) is 10.9 Å². The summed E-state index contributed by atoms with van der Waals surface area (Å²) >= 11 is 19.5. The van der Waals surface area contributed by atoms with Crippen LogP contribution in [-0.2, 0) is 5.75 Å². The highest BCUT2D eigenvalue weighted by Crippen LogP contribution is 2.27. The molecule has 0 fully saturated rings. The summed E-state index contributed by atoms with van der Waals surface area (Å²) in [6.07, 6.45) is 3.60. The molecule has 6 heteroatoms. The van der Waals surface area contributed by atoms with Crippen molar-refractivity contribution in [3.8, 4) is 11.1 Å². The monoisotopic (exact) mass is 380 g/mol. The average Bonchev–Trinajstić information content (AvgIpc) is 2.56. The second-order valence-electron chi connectivity index (χ2n) is 4.80. The standard InChI is InChI=1S/C17H11Cl3N2S/c18-14-3-1-2-12(7-14)13-8-21-17(22-9-13)23-10-11-4-5-15(19)16(20)6-11/h1-9H,10H2. The van der Waals surface area contributed by atoms with Gasteiger partial charge < -0.3 is 0 Å². The van der Waals surface area contributed by atoms with E-state index in [1.807, 2.05) is 36.4 Å². The summed E-state index contributed by atoms with van der Waals surface area (Å²) < 4.78 is 0. The molecule has 0 radical (unpaired) electrons. The minimum atomic E-state index is 0.557. The number of benzene rings is 2. The van der Waals surface area contributed by atoms with Crippen molar-refractivity contribution < 1.29 is 0 Å². The number of nitrogens with zero attached hydrogens (tertiary/aromatic N) is 2. The first-order valence-electron chi connectivity index (χ1n) is 6.76. The van der Waals surface area contributed by atoms with E-state index < -0.39 is 0 Å². The van der Waals surface area contributed by atoms with Crippen molar-refractivity contribution in [3.05, 3.63) is 75.5 Å². The molecule has 0 aliphatic heterocycles. The molecule has 23 heavy (non-hydrogen) atoms. The van der Waals surface area contributed by atoms with Crippen molar-refractivity contribution in [2.75, 3.05) is 0 Å². The Bertz CT molecular complexity index is 822. The minimum Gasteiger partial charge on any atom is -0.230 e. The fourth-order valence-electron chi connectivity index (χ4n) is 1.99. The van der Waals surface area contributed by atoms with E-state index in [-0.39, 0.29) is 0 Å². The van der Waals surface area contributed by atoms with Crippen molar-refractivity contribution in [2.24, 2.45) is 0 Å². The van der Waals surface area contributed by atoms with E-state index in [1.54, 1.807) is 30.2 Å². The predicted molar refractivity (Wildman–Crippen MR) is 98.5 cm³/mol. The number of hydrogen-bond donors (Lipinski definition) is 0. The van der Waals surface area contributed by atoms with Crippen LogP contribution in [0.5, 0.6) is 0 Å². The molecule has 0 spiro atoms. The van der Waals surface area contributed by atoms with E-state index in [0.29, 0.717) is 20.2 Å². The SMILES string of the molecule is Clc1cccc(-c2cnc(SCc3ccc(Cl)c(Cl)c3)nc2)c1. The first-order chi connectivity index (χ1) is 11.1. The molecule has 0 aliphatic carbocycles. The molecule has 0 unspecified atom stereocenters. The highest BCUT2D eigenvalue weighted by atomic mass is 35.5. The summed E-state index contributed by atoms with van der Waals surface area (Å²) in [4.78, 5) is 8.78. The number of halogens is 3. The molecule has 1 heterocycles. The molecule has 2 aromatic carbocycles. The zero-order valence-corrected chi connectivity index (χ0v) is 14.9. The fourth-order valence-corrected chi connectivity index (χ4v) is 3.23. The van der Waals surface area contributed by atoms with Crippen molar-refractivity contribution in [1.82, 2.24) is 9.97 Å². The number of rotatable bonds is 4. The lowest BCUT2D eigenvalue weighted by Crippen LogP contribution is -1.89. The largest absolute Gasteiger partial charge is 0.230 e. The summed E-state index contributed by atoms with van der Waals surface area (Å²) in [5.74, 6) is 0.730. The Hall–Kier alpha value is -1.26. The maximum Gasteiger partial charge on any atom is 0.187 e. The number of thioether (sulfide) groups is 1. The van der Waals surface area contributed by atoms with Crippen LogP contribution >= 0.6 is 46.6 Å². The summed E-state index contributed by atoms with van der Waals surface area (Å²) in [6.45, 7) is 0. The lowest BCUT2D eigenvalue weighted by molar-refractivity contribution is 0.969. The Morgan fingerprint density at radius 3 is 2.30 bits per heavy atom. The molecule has 0 amide bonds. The van der Waals surface area contributed by atoms with Gasteiger partial charge in [0.25, 0.3) is 0 Å². The van der Waals surface area contributed by atoms with Crippen LogP contribution in [0.25, 0.3) is 11.1 Å². The van der Waals surface area contributed by atoms with Crippen molar-refractivity contribution in [1.29, 1.82) is 0 Å². The summed E-state index contributed by atoms with van der Waals surface area (Å²) in [5, 5.41) is 2.52. The van der Waals surface area contributed by atoms with E-state index >= 15 is 0 Å². The molecule has 0 atom stereocenters. The van der Waals surface area contributed by atoms with Crippen molar-refractivity contribution >= 4 is 46.6 Å². The highest BCUT2D eigenvalue weighted by molar-refractivity contribution is 7.98.